The summed E-state index contributed by atoms with van der Waals surface area (Å²) in [6.07, 6.45) is 0. The normalized spacial score (nSPS) is 30.9. The smallest absolute Gasteiger partial charge is 0.154 e. The largest absolute Gasteiger partial charge is 0.378 e. The fraction of sp³-hybridized carbons (Fsp3) is 0.400. The summed E-state index contributed by atoms with van der Waals surface area (Å²) in [7, 11) is -2.87. The van der Waals surface area contributed by atoms with Gasteiger partial charge < -0.3 is 10.6 Å². The molecule has 5 heteroatoms. The van der Waals surface area contributed by atoms with Crippen LogP contribution >= 0.6 is 0 Å². The molecule has 1 saturated heterocycles. The number of hydrogen-bond acceptors (Lipinski definition) is 4. The third kappa shape index (κ3) is 1.47. The van der Waals surface area contributed by atoms with Gasteiger partial charge >= 0.3 is 0 Å². The Morgan fingerprint density at radius 1 is 1.00 bits per heavy atom. The summed E-state index contributed by atoms with van der Waals surface area (Å²) in [6, 6.07) is 7.84. The maximum Gasteiger partial charge on any atom is 0.154 e. The molecule has 0 aromatic heterocycles. The minimum absolute atomic E-state index is 0.0184. The Morgan fingerprint density at radius 3 is 1.93 bits per heavy atom. The molecule has 1 fully saturated rings. The van der Waals surface area contributed by atoms with E-state index in [1.165, 1.54) is 0 Å². The van der Waals surface area contributed by atoms with Crippen molar-refractivity contribution in [2.45, 2.75) is 12.1 Å². The molecule has 2 aliphatic heterocycles. The lowest BCUT2D eigenvalue weighted by Crippen LogP contribution is -2.41. The first kappa shape index (κ1) is 9.03. The van der Waals surface area contributed by atoms with Crippen LogP contribution in [0.25, 0.3) is 0 Å². The number of anilines is 2. The van der Waals surface area contributed by atoms with E-state index < -0.39 is 9.84 Å². The first-order chi connectivity index (χ1) is 7.14. The molecular formula is C10H12N2O2S. The molecule has 80 valence electrons. The molecule has 2 atom stereocenters. The van der Waals surface area contributed by atoms with Crippen LogP contribution in [-0.2, 0) is 9.84 Å². The van der Waals surface area contributed by atoms with Gasteiger partial charge in [0.25, 0.3) is 0 Å². The van der Waals surface area contributed by atoms with Gasteiger partial charge in [-0.25, -0.2) is 8.42 Å². The fourth-order valence-corrected chi connectivity index (χ4v) is 4.13. The summed E-state index contributed by atoms with van der Waals surface area (Å²) in [5, 5.41) is 6.55. The zero-order valence-corrected chi connectivity index (χ0v) is 8.92. The van der Waals surface area contributed by atoms with Crippen LogP contribution in [0.2, 0.25) is 0 Å². The van der Waals surface area contributed by atoms with Crippen molar-refractivity contribution in [2.24, 2.45) is 0 Å². The fourth-order valence-electron chi connectivity index (χ4n) is 2.27. The van der Waals surface area contributed by atoms with Crippen molar-refractivity contribution in [3.63, 3.8) is 0 Å². The average molecular weight is 224 g/mol. The van der Waals surface area contributed by atoms with Crippen LogP contribution in [0.5, 0.6) is 0 Å². The second kappa shape index (κ2) is 2.88. The predicted molar refractivity (Wildman–Crippen MR) is 59.9 cm³/mol. The third-order valence-electron chi connectivity index (χ3n) is 2.96. The molecule has 1 aromatic rings. The van der Waals surface area contributed by atoms with Crippen molar-refractivity contribution >= 4 is 21.2 Å². The molecule has 2 heterocycles. The lowest BCUT2D eigenvalue weighted by atomic mass is 10.1. The summed E-state index contributed by atoms with van der Waals surface area (Å²) in [5.74, 6) is 0.470. The summed E-state index contributed by atoms with van der Waals surface area (Å²) in [4.78, 5) is 0. The van der Waals surface area contributed by atoms with Crippen LogP contribution in [0.1, 0.15) is 0 Å². The Balaban J connectivity index is 1.97. The van der Waals surface area contributed by atoms with E-state index in [1.54, 1.807) is 0 Å². The molecule has 0 amide bonds. The van der Waals surface area contributed by atoms with E-state index in [2.05, 4.69) is 10.6 Å². The highest BCUT2D eigenvalue weighted by Crippen LogP contribution is 2.31. The Hall–Kier alpha value is -1.23. The van der Waals surface area contributed by atoms with E-state index >= 15 is 0 Å². The minimum Gasteiger partial charge on any atom is -0.378 e. The number of para-hydroxylation sites is 2. The summed E-state index contributed by atoms with van der Waals surface area (Å²) < 4.78 is 22.9. The van der Waals surface area contributed by atoms with Crippen molar-refractivity contribution in [3.05, 3.63) is 24.3 Å². The van der Waals surface area contributed by atoms with Crippen LogP contribution in [0.15, 0.2) is 24.3 Å². The van der Waals surface area contributed by atoms with Crippen molar-refractivity contribution in [2.75, 3.05) is 22.1 Å². The molecule has 0 radical (unpaired) electrons. The zero-order chi connectivity index (χ0) is 10.5. The number of benzene rings is 1. The lowest BCUT2D eigenvalue weighted by molar-refractivity contribution is 0.601. The average Bonchev–Trinajstić information content (AvgIpc) is 2.46. The Morgan fingerprint density at radius 2 is 1.47 bits per heavy atom. The van der Waals surface area contributed by atoms with Gasteiger partial charge in [0.05, 0.1) is 35.0 Å². The highest BCUT2D eigenvalue weighted by Gasteiger charge is 2.40. The highest BCUT2D eigenvalue weighted by atomic mass is 32.2. The van der Waals surface area contributed by atoms with Gasteiger partial charge in [0.1, 0.15) is 0 Å². The van der Waals surface area contributed by atoms with Gasteiger partial charge in [-0.1, -0.05) is 12.1 Å². The molecule has 2 N–H and O–H groups in total. The number of hydrogen-bond donors (Lipinski definition) is 2. The van der Waals surface area contributed by atoms with Gasteiger partial charge in [-0.2, -0.15) is 0 Å². The van der Waals surface area contributed by atoms with Crippen LogP contribution in [-0.4, -0.2) is 32.0 Å². The van der Waals surface area contributed by atoms with Crippen molar-refractivity contribution in [3.8, 4) is 0 Å². The van der Waals surface area contributed by atoms with Crippen molar-refractivity contribution in [1.29, 1.82) is 0 Å². The van der Waals surface area contributed by atoms with E-state index in [-0.39, 0.29) is 23.6 Å². The topological polar surface area (TPSA) is 58.2 Å². The molecule has 15 heavy (non-hydrogen) atoms. The summed E-state index contributed by atoms with van der Waals surface area (Å²) in [6.45, 7) is 0. The number of sulfone groups is 1. The maximum atomic E-state index is 11.5. The lowest BCUT2D eigenvalue weighted by Gasteiger charge is -2.30. The van der Waals surface area contributed by atoms with E-state index in [4.69, 9.17) is 0 Å². The second-order valence-electron chi connectivity index (χ2n) is 4.12. The highest BCUT2D eigenvalue weighted by molar-refractivity contribution is 7.91. The summed E-state index contributed by atoms with van der Waals surface area (Å²) in [5.41, 5.74) is 1.99. The van der Waals surface area contributed by atoms with E-state index in [0.717, 1.165) is 11.4 Å². The van der Waals surface area contributed by atoms with Gasteiger partial charge in [0.2, 0.25) is 0 Å². The molecule has 1 aromatic carbocycles. The number of nitrogens with one attached hydrogen (secondary N) is 2. The molecule has 4 nitrogen and oxygen atoms in total. The SMILES string of the molecule is O=S1(=O)C[C@@H]2Nc3ccccc3N[C@H]2C1. The quantitative estimate of drug-likeness (QED) is 0.680. The van der Waals surface area contributed by atoms with Gasteiger partial charge in [0.15, 0.2) is 9.84 Å². The summed E-state index contributed by atoms with van der Waals surface area (Å²) >= 11 is 0. The number of fused-ring (bicyclic) bond motifs is 2. The van der Waals surface area contributed by atoms with Crippen LogP contribution in [0.4, 0.5) is 11.4 Å². The van der Waals surface area contributed by atoms with Crippen LogP contribution < -0.4 is 10.6 Å². The first-order valence-corrected chi connectivity index (χ1v) is 6.79. The molecule has 0 unspecified atom stereocenters. The molecule has 0 bridgehead atoms. The molecular weight excluding hydrogens is 212 g/mol. The standard InChI is InChI=1S/C10H12N2O2S/c13-15(14)5-9-10(6-15)12-8-4-2-1-3-7(8)11-9/h1-4,9-12H,5-6H2/t9-,10-/m0/s1. The Kier molecular flexibility index (Phi) is 1.74. The van der Waals surface area contributed by atoms with Crippen molar-refractivity contribution < 1.29 is 8.42 Å². The molecule has 3 rings (SSSR count). The van der Waals surface area contributed by atoms with E-state index in [1.807, 2.05) is 24.3 Å². The van der Waals surface area contributed by atoms with E-state index in [0.29, 0.717) is 0 Å². The number of rotatable bonds is 0. The molecule has 0 aliphatic carbocycles. The van der Waals surface area contributed by atoms with Gasteiger partial charge in [-0.3, -0.25) is 0 Å². The predicted octanol–water partition coefficient (Wildman–Crippen LogP) is 0.690. The van der Waals surface area contributed by atoms with E-state index in [9.17, 15) is 8.42 Å². The Labute approximate surface area is 88.6 Å². The maximum absolute atomic E-state index is 11.5. The third-order valence-corrected chi connectivity index (χ3v) is 4.70. The molecule has 0 saturated carbocycles. The Bertz CT molecular complexity index is 459. The first-order valence-electron chi connectivity index (χ1n) is 4.97. The van der Waals surface area contributed by atoms with Crippen molar-refractivity contribution in [1.82, 2.24) is 0 Å². The van der Waals surface area contributed by atoms with Crippen LogP contribution in [0, 0.1) is 0 Å². The van der Waals surface area contributed by atoms with Crippen LogP contribution in [0.3, 0.4) is 0 Å². The zero-order valence-electron chi connectivity index (χ0n) is 8.10. The van der Waals surface area contributed by atoms with Gasteiger partial charge in [0, 0.05) is 0 Å². The monoisotopic (exact) mass is 224 g/mol. The molecule has 0 spiro atoms. The van der Waals surface area contributed by atoms with Gasteiger partial charge in [-0.05, 0) is 12.1 Å². The minimum atomic E-state index is -2.87. The molecule has 2 aliphatic rings. The second-order valence-corrected chi connectivity index (χ2v) is 6.28. The van der Waals surface area contributed by atoms with Gasteiger partial charge in [-0.15, -0.1) is 0 Å².